The minimum absolute atomic E-state index is 0.0918. The fourth-order valence-corrected chi connectivity index (χ4v) is 4.47. The first kappa shape index (κ1) is 17.3. The number of unbranched alkanes of at least 4 members (excludes halogenated alkanes) is 1. The molecule has 7 heteroatoms. The van der Waals surface area contributed by atoms with Crippen LogP contribution in [0.1, 0.15) is 19.3 Å². The number of anilines is 1. The van der Waals surface area contributed by atoms with Crippen molar-refractivity contribution >= 4 is 17.8 Å². The first-order chi connectivity index (χ1) is 13.7. The van der Waals surface area contributed by atoms with Crippen LogP contribution in [-0.2, 0) is 9.59 Å². The van der Waals surface area contributed by atoms with Crippen LogP contribution < -0.4 is 4.90 Å². The van der Waals surface area contributed by atoms with E-state index in [0.717, 1.165) is 69.1 Å². The molecule has 0 radical (unpaired) electrons. The second-order valence-corrected chi connectivity index (χ2v) is 7.66. The first-order valence-corrected chi connectivity index (χ1v) is 9.97. The Kier molecular flexibility index (Phi) is 4.31. The zero-order chi connectivity index (χ0) is 19.1. The largest absolute Gasteiger partial charge is 0.338 e. The number of piperazine rings is 1. The van der Waals surface area contributed by atoms with Crippen molar-refractivity contribution in [2.75, 3.05) is 44.2 Å². The molecule has 3 heterocycles. The van der Waals surface area contributed by atoms with Crippen molar-refractivity contribution in [2.45, 2.75) is 19.3 Å². The molecule has 28 heavy (non-hydrogen) atoms. The van der Waals surface area contributed by atoms with Crippen molar-refractivity contribution in [1.82, 2.24) is 19.8 Å². The fourth-order valence-electron chi connectivity index (χ4n) is 4.47. The van der Waals surface area contributed by atoms with Gasteiger partial charge in [0.05, 0.1) is 11.1 Å². The Morgan fingerprint density at radius 2 is 1.43 bits per heavy atom. The highest BCUT2D eigenvalue weighted by molar-refractivity contribution is 6.26. The number of carbonyl (C=O) groups excluding carboxylic acids is 2. The normalized spacial score (nSPS) is 21.6. The number of hydrogen-bond acceptors (Lipinski definition) is 6. The summed E-state index contributed by atoms with van der Waals surface area (Å²) >= 11 is 0. The van der Waals surface area contributed by atoms with Gasteiger partial charge in [0.15, 0.2) is 0 Å². The molecule has 0 unspecified atom stereocenters. The number of carbonyl (C=O) groups is 2. The van der Waals surface area contributed by atoms with Crippen molar-refractivity contribution < 1.29 is 9.59 Å². The third kappa shape index (κ3) is 2.86. The molecule has 2 aliphatic heterocycles. The molecule has 2 saturated heterocycles. The van der Waals surface area contributed by atoms with Gasteiger partial charge in [-0.1, -0.05) is 12.2 Å². The Labute approximate surface area is 164 Å². The van der Waals surface area contributed by atoms with E-state index in [1.807, 2.05) is 18.2 Å². The van der Waals surface area contributed by atoms with Crippen LogP contribution in [0.2, 0.25) is 0 Å². The van der Waals surface area contributed by atoms with Crippen LogP contribution in [-0.4, -0.2) is 70.9 Å². The predicted octanol–water partition coefficient (Wildman–Crippen LogP) is 1.31. The van der Waals surface area contributed by atoms with Crippen LogP contribution in [0.5, 0.6) is 0 Å². The summed E-state index contributed by atoms with van der Waals surface area (Å²) in [6.07, 6.45) is 10.1. The van der Waals surface area contributed by atoms with Crippen LogP contribution >= 0.6 is 0 Å². The van der Waals surface area contributed by atoms with E-state index in [0.29, 0.717) is 17.7 Å². The van der Waals surface area contributed by atoms with Crippen LogP contribution in [0, 0.1) is 0 Å². The Bertz CT molecular complexity index is 870. The monoisotopic (exact) mass is 377 g/mol. The van der Waals surface area contributed by atoms with E-state index in [-0.39, 0.29) is 11.8 Å². The number of aromatic nitrogens is 2. The van der Waals surface area contributed by atoms with Gasteiger partial charge >= 0.3 is 0 Å². The van der Waals surface area contributed by atoms with E-state index in [9.17, 15) is 9.59 Å². The molecule has 1 aromatic rings. The van der Waals surface area contributed by atoms with Gasteiger partial charge in [0.1, 0.15) is 0 Å². The molecule has 0 saturated carbocycles. The molecule has 2 amide bonds. The summed E-state index contributed by atoms with van der Waals surface area (Å²) < 4.78 is 0. The van der Waals surface area contributed by atoms with Crippen molar-refractivity contribution in [3.63, 3.8) is 0 Å². The van der Waals surface area contributed by atoms with E-state index >= 15 is 0 Å². The molecule has 0 aromatic carbocycles. The SMILES string of the molecule is O=C1C2=C3C=CC(=C2C(=O)N1CCCCN1CCN(c2ncccn2)CC1)C3. The second-order valence-electron chi connectivity index (χ2n) is 7.66. The highest BCUT2D eigenvalue weighted by Crippen LogP contribution is 2.44. The van der Waals surface area contributed by atoms with Gasteiger partial charge in [0.2, 0.25) is 5.95 Å². The van der Waals surface area contributed by atoms with E-state index in [1.54, 1.807) is 12.4 Å². The van der Waals surface area contributed by atoms with E-state index in [2.05, 4.69) is 19.8 Å². The van der Waals surface area contributed by atoms with Gasteiger partial charge in [-0.2, -0.15) is 0 Å². The van der Waals surface area contributed by atoms with Gasteiger partial charge in [-0.3, -0.25) is 19.4 Å². The number of likely N-dealkylation sites (tertiary alicyclic amines) is 1. The average Bonchev–Trinajstić information content (AvgIpc) is 3.41. The summed E-state index contributed by atoms with van der Waals surface area (Å²) in [6, 6.07) is 1.83. The molecular formula is C21H23N5O2. The zero-order valence-electron chi connectivity index (χ0n) is 15.8. The average molecular weight is 377 g/mol. The van der Waals surface area contributed by atoms with E-state index in [4.69, 9.17) is 0 Å². The number of fused-ring (bicyclic) bond motifs is 3. The van der Waals surface area contributed by atoms with E-state index in [1.165, 1.54) is 4.90 Å². The van der Waals surface area contributed by atoms with Gasteiger partial charge in [-0.05, 0) is 43.0 Å². The maximum absolute atomic E-state index is 12.6. The van der Waals surface area contributed by atoms with Crippen LogP contribution in [0.4, 0.5) is 5.95 Å². The van der Waals surface area contributed by atoms with Crippen LogP contribution in [0.15, 0.2) is 52.9 Å². The summed E-state index contributed by atoms with van der Waals surface area (Å²) in [5.41, 5.74) is 3.38. The van der Waals surface area contributed by atoms with Crippen molar-refractivity contribution in [2.24, 2.45) is 0 Å². The minimum atomic E-state index is -0.0918. The van der Waals surface area contributed by atoms with Gasteiger partial charge in [-0.15, -0.1) is 0 Å². The number of hydrogen-bond donors (Lipinski definition) is 0. The number of amides is 2. The standard InChI is InChI=1S/C21H23N5O2/c27-19-17-15-4-5-16(14-15)18(17)20(28)26(19)9-2-1-8-24-10-12-25(13-11-24)21-22-6-3-7-23-21/h3-7H,1-2,8-14H2. The number of imide groups is 1. The second kappa shape index (κ2) is 6.98. The lowest BCUT2D eigenvalue weighted by Crippen LogP contribution is -2.47. The molecule has 4 aliphatic rings. The number of allylic oxidation sites excluding steroid dienone is 4. The maximum Gasteiger partial charge on any atom is 0.261 e. The lowest BCUT2D eigenvalue weighted by Gasteiger charge is -2.34. The summed E-state index contributed by atoms with van der Waals surface area (Å²) in [5.74, 6) is 0.615. The molecule has 2 fully saturated rings. The Balaban J connectivity index is 1.08. The van der Waals surface area contributed by atoms with Crippen molar-refractivity contribution in [3.05, 3.63) is 52.9 Å². The highest BCUT2D eigenvalue weighted by atomic mass is 16.2. The van der Waals surface area contributed by atoms with Crippen LogP contribution in [0.25, 0.3) is 0 Å². The van der Waals surface area contributed by atoms with Gasteiger partial charge < -0.3 is 4.90 Å². The topological polar surface area (TPSA) is 69.6 Å². The molecule has 0 N–H and O–H groups in total. The highest BCUT2D eigenvalue weighted by Gasteiger charge is 2.45. The first-order valence-electron chi connectivity index (χ1n) is 9.97. The molecule has 5 rings (SSSR count). The summed E-state index contributed by atoms with van der Waals surface area (Å²) in [5, 5.41) is 0. The van der Waals surface area contributed by atoms with Crippen molar-refractivity contribution in [3.8, 4) is 0 Å². The fraction of sp³-hybridized carbons (Fsp3) is 0.429. The molecule has 2 bridgehead atoms. The molecule has 2 aliphatic carbocycles. The molecule has 0 atom stereocenters. The maximum atomic E-state index is 12.6. The summed E-state index contributed by atoms with van der Waals surface area (Å²) in [7, 11) is 0. The molecule has 7 nitrogen and oxygen atoms in total. The minimum Gasteiger partial charge on any atom is -0.338 e. The molecule has 144 valence electrons. The van der Waals surface area contributed by atoms with Gasteiger partial charge in [-0.25, -0.2) is 9.97 Å². The predicted molar refractivity (Wildman–Crippen MR) is 104 cm³/mol. The third-order valence-electron chi connectivity index (χ3n) is 5.99. The lowest BCUT2D eigenvalue weighted by atomic mass is 10.1. The Morgan fingerprint density at radius 1 is 0.821 bits per heavy atom. The van der Waals surface area contributed by atoms with Gasteiger partial charge in [0.25, 0.3) is 11.8 Å². The van der Waals surface area contributed by atoms with Crippen molar-refractivity contribution in [1.29, 1.82) is 0 Å². The Hall–Kier alpha value is -2.80. The lowest BCUT2D eigenvalue weighted by molar-refractivity contribution is -0.136. The molecule has 1 aromatic heterocycles. The number of rotatable bonds is 6. The quantitative estimate of drug-likeness (QED) is 0.550. The zero-order valence-corrected chi connectivity index (χ0v) is 15.8. The van der Waals surface area contributed by atoms with Gasteiger partial charge in [0, 0.05) is 45.1 Å². The number of nitrogens with zero attached hydrogens (tertiary/aromatic N) is 5. The smallest absolute Gasteiger partial charge is 0.261 e. The van der Waals surface area contributed by atoms with E-state index < -0.39 is 0 Å². The van der Waals surface area contributed by atoms with Crippen LogP contribution in [0.3, 0.4) is 0 Å². The third-order valence-corrected chi connectivity index (χ3v) is 5.99. The Morgan fingerprint density at radius 3 is 2.07 bits per heavy atom. The summed E-state index contributed by atoms with van der Waals surface area (Å²) in [6.45, 7) is 5.32. The molecule has 0 spiro atoms. The summed E-state index contributed by atoms with van der Waals surface area (Å²) in [4.78, 5) is 39.9. The molecular weight excluding hydrogens is 354 g/mol.